The van der Waals surface area contributed by atoms with Crippen molar-refractivity contribution in [3.8, 4) is 0 Å². The van der Waals surface area contributed by atoms with Crippen LogP contribution in [0.15, 0.2) is 0 Å². The van der Waals surface area contributed by atoms with Crippen molar-refractivity contribution >= 4 is 23.5 Å². The average molecular weight is 206 g/mol. The van der Waals surface area contributed by atoms with Crippen molar-refractivity contribution in [2.75, 3.05) is 11.5 Å². The molecule has 0 rings (SSSR count). The van der Waals surface area contributed by atoms with Gasteiger partial charge >= 0.3 is 0 Å². The van der Waals surface area contributed by atoms with Gasteiger partial charge in [0.25, 0.3) is 0 Å². The first-order valence-corrected chi connectivity index (χ1v) is 6.93. The summed E-state index contributed by atoms with van der Waals surface area (Å²) in [5.41, 5.74) is 0. The summed E-state index contributed by atoms with van der Waals surface area (Å²) in [6.45, 7) is 9.18. The molecule has 74 valence electrons. The number of thioether (sulfide) groups is 2. The molecule has 0 unspecified atom stereocenters. The van der Waals surface area contributed by atoms with Crippen molar-refractivity contribution in [3.63, 3.8) is 0 Å². The molecule has 0 aromatic carbocycles. The summed E-state index contributed by atoms with van der Waals surface area (Å²) >= 11 is 4.21. The molecule has 0 heterocycles. The molecule has 0 saturated heterocycles. The van der Waals surface area contributed by atoms with Gasteiger partial charge in [0.05, 0.1) is 4.08 Å². The fourth-order valence-electron chi connectivity index (χ4n) is 1.29. The second kappa shape index (κ2) is 7.14. The van der Waals surface area contributed by atoms with Crippen LogP contribution in [0.5, 0.6) is 0 Å². The Morgan fingerprint density at radius 1 is 1.00 bits per heavy atom. The maximum atomic E-state index is 2.39. The predicted octanol–water partition coefficient (Wildman–Crippen LogP) is 4.40. The van der Waals surface area contributed by atoms with Crippen LogP contribution in [0.1, 0.15) is 47.0 Å². The van der Waals surface area contributed by atoms with Crippen LogP contribution in [0.4, 0.5) is 0 Å². The third-order valence-corrected chi connectivity index (χ3v) is 4.80. The normalized spacial score (nSPS) is 12.0. The molecule has 0 fully saturated rings. The Bertz CT molecular complexity index is 96.0. The Morgan fingerprint density at radius 3 is 1.83 bits per heavy atom. The van der Waals surface area contributed by atoms with E-state index in [2.05, 4.69) is 51.2 Å². The Balaban J connectivity index is 3.80. The van der Waals surface area contributed by atoms with Gasteiger partial charge in [0.2, 0.25) is 0 Å². The molecule has 0 saturated carbocycles. The van der Waals surface area contributed by atoms with Crippen LogP contribution < -0.4 is 0 Å². The molecule has 0 radical (unpaired) electrons. The van der Waals surface area contributed by atoms with Gasteiger partial charge in [-0.1, -0.05) is 33.6 Å². The highest BCUT2D eigenvalue weighted by Gasteiger charge is 2.22. The zero-order valence-electron chi connectivity index (χ0n) is 8.85. The van der Waals surface area contributed by atoms with Crippen LogP contribution in [-0.2, 0) is 0 Å². The molecule has 0 spiro atoms. The minimum absolute atomic E-state index is 0.486. The topological polar surface area (TPSA) is 0 Å². The summed E-state index contributed by atoms with van der Waals surface area (Å²) in [6.07, 6.45) is 4.06. The zero-order valence-corrected chi connectivity index (χ0v) is 10.5. The highest BCUT2D eigenvalue weighted by atomic mass is 32.2. The van der Waals surface area contributed by atoms with Crippen LogP contribution in [-0.4, -0.2) is 15.6 Å². The van der Waals surface area contributed by atoms with Gasteiger partial charge in [-0.05, 0) is 24.9 Å². The van der Waals surface area contributed by atoms with Gasteiger partial charge in [-0.2, -0.15) is 0 Å². The van der Waals surface area contributed by atoms with Crippen molar-refractivity contribution in [3.05, 3.63) is 0 Å². The van der Waals surface area contributed by atoms with Gasteiger partial charge in [-0.25, -0.2) is 0 Å². The smallest absolute Gasteiger partial charge is 0.0582 e. The van der Waals surface area contributed by atoms with Gasteiger partial charge in [0, 0.05) is 0 Å². The van der Waals surface area contributed by atoms with Crippen LogP contribution in [0.25, 0.3) is 0 Å². The Labute approximate surface area is 86.3 Å². The van der Waals surface area contributed by atoms with E-state index in [1.165, 1.54) is 30.8 Å². The number of rotatable bonds is 7. The summed E-state index contributed by atoms with van der Waals surface area (Å²) < 4.78 is 0.486. The molecule has 0 N–H and O–H groups in total. The molecular weight excluding hydrogens is 184 g/mol. The van der Waals surface area contributed by atoms with E-state index in [-0.39, 0.29) is 0 Å². The second-order valence-electron chi connectivity index (χ2n) is 3.10. The average Bonchev–Trinajstić information content (AvgIpc) is 2.02. The highest BCUT2D eigenvalue weighted by molar-refractivity contribution is 8.18. The number of hydrogen-bond donors (Lipinski definition) is 0. The van der Waals surface area contributed by atoms with Crippen LogP contribution in [0, 0.1) is 0 Å². The summed E-state index contributed by atoms with van der Waals surface area (Å²) in [4.78, 5) is 0. The zero-order chi connectivity index (χ0) is 9.45. The summed E-state index contributed by atoms with van der Waals surface area (Å²) in [6, 6.07) is 0. The lowest BCUT2D eigenvalue weighted by Gasteiger charge is -2.27. The molecule has 12 heavy (non-hydrogen) atoms. The van der Waals surface area contributed by atoms with Gasteiger partial charge in [-0.15, -0.1) is 23.5 Å². The van der Waals surface area contributed by atoms with E-state index in [0.717, 1.165) is 0 Å². The monoisotopic (exact) mass is 206 g/mol. The number of unbranched alkanes of at least 4 members (excludes halogenated alkanes) is 1. The van der Waals surface area contributed by atoms with E-state index >= 15 is 0 Å². The Morgan fingerprint density at radius 2 is 1.50 bits per heavy atom. The summed E-state index contributed by atoms with van der Waals surface area (Å²) in [5.74, 6) is 2.49. The molecule has 0 aromatic rings. The van der Waals surface area contributed by atoms with Gasteiger partial charge in [0.1, 0.15) is 0 Å². The lowest BCUT2D eigenvalue weighted by Crippen LogP contribution is -2.15. The first-order valence-electron chi connectivity index (χ1n) is 4.96. The molecule has 0 aliphatic heterocycles. The largest absolute Gasteiger partial charge is 0.145 e. The first-order chi connectivity index (χ1) is 5.68. The SMILES string of the molecule is CCCCC(C)(SCC)SCC. The lowest BCUT2D eigenvalue weighted by molar-refractivity contribution is 0.685. The van der Waals surface area contributed by atoms with Crippen LogP contribution >= 0.6 is 23.5 Å². The maximum absolute atomic E-state index is 2.39. The van der Waals surface area contributed by atoms with Gasteiger partial charge in [-0.3, -0.25) is 0 Å². The molecule has 0 aliphatic rings. The standard InChI is InChI=1S/C10H22S2/c1-5-8-9-10(4,11-6-2)12-7-3/h5-9H2,1-4H3. The molecule has 0 atom stereocenters. The Kier molecular flexibility index (Phi) is 7.55. The molecule has 2 heteroatoms. The van der Waals surface area contributed by atoms with E-state index in [9.17, 15) is 0 Å². The van der Waals surface area contributed by atoms with Gasteiger partial charge in [0.15, 0.2) is 0 Å². The Hall–Kier alpha value is 0.700. The van der Waals surface area contributed by atoms with Crippen molar-refractivity contribution < 1.29 is 0 Å². The minimum atomic E-state index is 0.486. The third kappa shape index (κ3) is 5.36. The van der Waals surface area contributed by atoms with Crippen molar-refractivity contribution in [1.29, 1.82) is 0 Å². The molecule has 0 amide bonds. The molecule has 0 aliphatic carbocycles. The fourth-order valence-corrected chi connectivity index (χ4v) is 4.13. The van der Waals surface area contributed by atoms with E-state index in [1.54, 1.807) is 0 Å². The first kappa shape index (κ1) is 12.7. The lowest BCUT2D eigenvalue weighted by atomic mass is 10.2. The maximum Gasteiger partial charge on any atom is 0.0582 e. The third-order valence-electron chi connectivity index (χ3n) is 1.88. The van der Waals surface area contributed by atoms with E-state index < -0.39 is 0 Å². The second-order valence-corrected chi connectivity index (χ2v) is 6.90. The van der Waals surface area contributed by atoms with Crippen molar-refractivity contribution in [2.45, 2.75) is 51.0 Å². The highest BCUT2D eigenvalue weighted by Crippen LogP contribution is 2.40. The minimum Gasteiger partial charge on any atom is -0.145 e. The summed E-state index contributed by atoms with van der Waals surface area (Å²) in [7, 11) is 0. The van der Waals surface area contributed by atoms with E-state index in [1.807, 2.05) is 0 Å². The number of hydrogen-bond acceptors (Lipinski definition) is 2. The van der Waals surface area contributed by atoms with Crippen LogP contribution in [0.3, 0.4) is 0 Å². The van der Waals surface area contributed by atoms with Crippen LogP contribution in [0.2, 0.25) is 0 Å². The van der Waals surface area contributed by atoms with Crippen molar-refractivity contribution in [1.82, 2.24) is 0 Å². The van der Waals surface area contributed by atoms with E-state index in [0.29, 0.717) is 4.08 Å². The summed E-state index contributed by atoms with van der Waals surface area (Å²) in [5, 5.41) is 0. The molecule has 0 bridgehead atoms. The molecule has 0 nitrogen and oxygen atoms in total. The predicted molar refractivity (Wildman–Crippen MR) is 64.2 cm³/mol. The quantitative estimate of drug-likeness (QED) is 0.566. The fraction of sp³-hybridized carbons (Fsp3) is 1.00. The van der Waals surface area contributed by atoms with E-state index in [4.69, 9.17) is 0 Å². The van der Waals surface area contributed by atoms with Gasteiger partial charge < -0.3 is 0 Å². The van der Waals surface area contributed by atoms with Crippen molar-refractivity contribution in [2.24, 2.45) is 0 Å². The molecule has 0 aromatic heterocycles. The molecular formula is C10H22S2.